The van der Waals surface area contributed by atoms with Crippen LogP contribution in [-0.2, 0) is 11.3 Å². The molecule has 2 aliphatic rings. The molecule has 1 saturated carbocycles. The first-order valence-corrected chi connectivity index (χ1v) is 10.4. The first-order chi connectivity index (χ1) is 12.6. The SMILES string of the molecule is Cl.Cl.NCC1(CC(=O)NC2CCN(Cc3ccc(Cl)cc3)CC2)CCCCC1. The molecule has 7 heteroatoms. The van der Waals surface area contributed by atoms with Gasteiger partial charge in [0.25, 0.3) is 0 Å². The third-order valence-electron chi connectivity index (χ3n) is 6.15. The number of nitrogens with two attached hydrogens (primary N) is 1. The van der Waals surface area contributed by atoms with Crippen LogP contribution in [0.2, 0.25) is 5.02 Å². The molecule has 1 aromatic rings. The second kappa shape index (κ2) is 12.2. The van der Waals surface area contributed by atoms with Crippen LogP contribution in [-0.4, -0.2) is 36.5 Å². The van der Waals surface area contributed by atoms with E-state index in [0.29, 0.717) is 19.0 Å². The number of nitrogens with zero attached hydrogens (tertiary/aromatic N) is 1. The second-order valence-electron chi connectivity index (χ2n) is 8.19. The molecule has 1 amide bonds. The number of hydrogen-bond acceptors (Lipinski definition) is 3. The molecule has 0 atom stereocenters. The number of nitrogens with one attached hydrogen (secondary N) is 1. The highest BCUT2D eigenvalue weighted by atomic mass is 35.5. The first-order valence-electron chi connectivity index (χ1n) is 10.0. The Hall–Kier alpha value is -0.520. The molecule has 0 radical (unpaired) electrons. The number of rotatable bonds is 6. The van der Waals surface area contributed by atoms with Gasteiger partial charge in [-0.15, -0.1) is 24.8 Å². The number of carbonyl (C=O) groups is 1. The average Bonchev–Trinajstić information content (AvgIpc) is 2.66. The van der Waals surface area contributed by atoms with E-state index in [1.54, 1.807) is 0 Å². The Morgan fingerprint density at radius 3 is 2.29 bits per heavy atom. The van der Waals surface area contributed by atoms with Crippen molar-refractivity contribution in [1.29, 1.82) is 0 Å². The normalized spacial score (nSPS) is 19.9. The van der Waals surface area contributed by atoms with Crippen LogP contribution in [0.25, 0.3) is 0 Å². The van der Waals surface area contributed by atoms with Gasteiger partial charge >= 0.3 is 0 Å². The van der Waals surface area contributed by atoms with E-state index in [1.165, 1.54) is 24.8 Å². The van der Waals surface area contributed by atoms with E-state index in [9.17, 15) is 4.79 Å². The molecule has 4 nitrogen and oxygen atoms in total. The summed E-state index contributed by atoms with van der Waals surface area (Å²) in [4.78, 5) is 15.0. The molecule has 28 heavy (non-hydrogen) atoms. The van der Waals surface area contributed by atoms with Gasteiger partial charge in [-0.3, -0.25) is 9.69 Å². The largest absolute Gasteiger partial charge is 0.353 e. The highest BCUT2D eigenvalue weighted by Crippen LogP contribution is 2.38. The van der Waals surface area contributed by atoms with Crippen molar-refractivity contribution in [2.24, 2.45) is 11.1 Å². The fourth-order valence-corrected chi connectivity index (χ4v) is 4.58. The second-order valence-corrected chi connectivity index (χ2v) is 8.62. The maximum Gasteiger partial charge on any atom is 0.220 e. The van der Waals surface area contributed by atoms with Gasteiger partial charge in [0.1, 0.15) is 0 Å². The summed E-state index contributed by atoms with van der Waals surface area (Å²) in [6.45, 7) is 3.64. The quantitative estimate of drug-likeness (QED) is 0.667. The molecule has 1 aliphatic heterocycles. The Morgan fingerprint density at radius 2 is 1.71 bits per heavy atom. The summed E-state index contributed by atoms with van der Waals surface area (Å²) in [6.07, 6.45) is 8.59. The summed E-state index contributed by atoms with van der Waals surface area (Å²) < 4.78 is 0. The molecule has 2 fully saturated rings. The van der Waals surface area contributed by atoms with Crippen molar-refractivity contribution in [3.63, 3.8) is 0 Å². The average molecular weight is 451 g/mol. The molecule has 0 spiro atoms. The zero-order chi connectivity index (χ0) is 18.4. The maximum atomic E-state index is 12.6. The van der Waals surface area contributed by atoms with Gasteiger partial charge < -0.3 is 11.1 Å². The Bertz CT molecular complexity index is 583. The molecule has 0 unspecified atom stereocenters. The number of hydrogen-bond donors (Lipinski definition) is 2. The highest BCUT2D eigenvalue weighted by molar-refractivity contribution is 6.30. The molecular weight excluding hydrogens is 417 g/mol. The Labute approximate surface area is 186 Å². The van der Waals surface area contributed by atoms with Gasteiger partial charge in [-0.25, -0.2) is 0 Å². The number of likely N-dealkylation sites (tertiary alicyclic amines) is 1. The molecule has 1 aliphatic carbocycles. The van der Waals surface area contributed by atoms with Crippen LogP contribution in [0, 0.1) is 5.41 Å². The van der Waals surface area contributed by atoms with Crippen molar-refractivity contribution in [2.45, 2.75) is 64.0 Å². The lowest BCUT2D eigenvalue weighted by Crippen LogP contribution is -2.46. The summed E-state index contributed by atoms with van der Waals surface area (Å²) in [7, 11) is 0. The van der Waals surface area contributed by atoms with Crippen molar-refractivity contribution in [2.75, 3.05) is 19.6 Å². The van der Waals surface area contributed by atoms with E-state index in [0.717, 1.165) is 50.3 Å². The Balaban J connectivity index is 0.00000196. The van der Waals surface area contributed by atoms with Gasteiger partial charge in [-0.05, 0) is 55.3 Å². The Morgan fingerprint density at radius 1 is 1.11 bits per heavy atom. The number of carbonyl (C=O) groups excluding carboxylic acids is 1. The molecule has 3 N–H and O–H groups in total. The van der Waals surface area contributed by atoms with Crippen LogP contribution in [0.4, 0.5) is 0 Å². The molecule has 0 aromatic heterocycles. The third-order valence-corrected chi connectivity index (χ3v) is 6.41. The number of benzene rings is 1. The molecular formula is C21H34Cl3N3O. The zero-order valence-corrected chi connectivity index (χ0v) is 18.9. The lowest BCUT2D eigenvalue weighted by Gasteiger charge is -2.37. The highest BCUT2D eigenvalue weighted by Gasteiger charge is 2.33. The molecule has 160 valence electrons. The summed E-state index contributed by atoms with van der Waals surface area (Å²) in [5.41, 5.74) is 7.37. The van der Waals surface area contributed by atoms with Crippen LogP contribution < -0.4 is 11.1 Å². The molecule has 0 bridgehead atoms. The summed E-state index contributed by atoms with van der Waals surface area (Å²) in [5, 5.41) is 4.06. The lowest BCUT2D eigenvalue weighted by atomic mass is 9.71. The minimum Gasteiger partial charge on any atom is -0.353 e. The van der Waals surface area contributed by atoms with Crippen molar-refractivity contribution >= 4 is 42.3 Å². The summed E-state index contributed by atoms with van der Waals surface area (Å²) in [5.74, 6) is 0.202. The molecule has 1 saturated heterocycles. The predicted molar refractivity (Wildman–Crippen MR) is 122 cm³/mol. The number of piperidine rings is 1. The summed E-state index contributed by atoms with van der Waals surface area (Å²) >= 11 is 5.95. The monoisotopic (exact) mass is 449 g/mol. The summed E-state index contributed by atoms with van der Waals surface area (Å²) in [6, 6.07) is 8.38. The van der Waals surface area contributed by atoms with Crippen LogP contribution >= 0.6 is 36.4 Å². The van der Waals surface area contributed by atoms with Gasteiger partial charge in [-0.1, -0.05) is 43.0 Å². The molecule has 3 rings (SSSR count). The van der Waals surface area contributed by atoms with Gasteiger partial charge in [0.2, 0.25) is 5.91 Å². The smallest absolute Gasteiger partial charge is 0.220 e. The van der Waals surface area contributed by atoms with Crippen molar-refractivity contribution in [3.05, 3.63) is 34.9 Å². The molecule has 1 aromatic carbocycles. The number of amides is 1. The fourth-order valence-electron chi connectivity index (χ4n) is 4.46. The van der Waals surface area contributed by atoms with Crippen molar-refractivity contribution < 1.29 is 4.79 Å². The predicted octanol–water partition coefficient (Wildman–Crippen LogP) is 4.56. The molecule has 1 heterocycles. The van der Waals surface area contributed by atoms with E-state index in [-0.39, 0.29) is 36.1 Å². The third kappa shape index (κ3) is 7.38. The van der Waals surface area contributed by atoms with Gasteiger partial charge in [0, 0.05) is 37.1 Å². The van der Waals surface area contributed by atoms with Crippen LogP contribution in [0.3, 0.4) is 0 Å². The van der Waals surface area contributed by atoms with E-state index in [2.05, 4.69) is 22.3 Å². The van der Waals surface area contributed by atoms with Crippen molar-refractivity contribution in [1.82, 2.24) is 10.2 Å². The van der Waals surface area contributed by atoms with E-state index in [1.807, 2.05) is 12.1 Å². The van der Waals surface area contributed by atoms with Crippen LogP contribution in [0.1, 0.15) is 56.9 Å². The van der Waals surface area contributed by atoms with Crippen LogP contribution in [0.5, 0.6) is 0 Å². The van der Waals surface area contributed by atoms with Gasteiger partial charge in [-0.2, -0.15) is 0 Å². The Kier molecular flexibility index (Phi) is 11.2. The minimum atomic E-state index is 0. The van der Waals surface area contributed by atoms with Crippen LogP contribution in [0.15, 0.2) is 24.3 Å². The van der Waals surface area contributed by atoms with Crippen molar-refractivity contribution in [3.8, 4) is 0 Å². The first kappa shape index (κ1) is 25.5. The lowest BCUT2D eigenvalue weighted by molar-refractivity contribution is -0.124. The standard InChI is InChI=1S/C21H32ClN3O.2ClH/c22-18-6-4-17(5-7-18)15-25-12-8-19(9-13-25)24-20(26)14-21(16-23)10-2-1-3-11-21;;/h4-7,19H,1-3,8-16,23H2,(H,24,26);2*1H. The van der Waals surface area contributed by atoms with E-state index < -0.39 is 0 Å². The maximum absolute atomic E-state index is 12.6. The van der Waals surface area contributed by atoms with E-state index >= 15 is 0 Å². The fraction of sp³-hybridized carbons (Fsp3) is 0.667. The topological polar surface area (TPSA) is 58.4 Å². The minimum absolute atomic E-state index is 0. The number of halogens is 3. The van der Waals surface area contributed by atoms with E-state index in [4.69, 9.17) is 17.3 Å². The van der Waals surface area contributed by atoms with Gasteiger partial charge in [0.05, 0.1) is 0 Å². The zero-order valence-electron chi connectivity index (χ0n) is 16.5. The van der Waals surface area contributed by atoms with Gasteiger partial charge in [0.15, 0.2) is 0 Å².